The molecular weight excluding hydrogens is 372 g/mol. The fourth-order valence-corrected chi connectivity index (χ4v) is 3.18. The van der Waals surface area contributed by atoms with Crippen molar-refractivity contribution in [1.82, 2.24) is 5.32 Å². The first-order chi connectivity index (χ1) is 14.0. The number of amides is 5. The van der Waals surface area contributed by atoms with Gasteiger partial charge in [0.15, 0.2) is 0 Å². The van der Waals surface area contributed by atoms with Gasteiger partial charge < -0.3 is 0 Å². The molecule has 0 spiro atoms. The average Bonchev–Trinajstić information content (AvgIpc) is 3.00. The lowest BCUT2D eigenvalue weighted by atomic mass is 9.98. The standard InChI is InChI=1S/C21H16N4O4/c1-13-16(20(28)25(23-13)15-10-6-3-7-11-15)12-17-18(26)22-21(29)24(19(17)27)14-8-4-2-5-9-14/h2-12,16H,1H3,(H,22,26,29)/b17-12+/t16-/m1/s1. The third kappa shape index (κ3) is 3.20. The van der Waals surface area contributed by atoms with E-state index in [1.165, 1.54) is 11.1 Å². The van der Waals surface area contributed by atoms with Crippen molar-refractivity contribution in [1.29, 1.82) is 0 Å². The van der Waals surface area contributed by atoms with E-state index < -0.39 is 23.8 Å². The number of urea groups is 1. The smallest absolute Gasteiger partial charge is 0.273 e. The number of anilines is 2. The number of carbonyl (C=O) groups excluding carboxylic acids is 4. The molecule has 8 nitrogen and oxygen atoms in total. The quantitative estimate of drug-likeness (QED) is 0.644. The van der Waals surface area contributed by atoms with Gasteiger partial charge in [-0.25, -0.2) is 9.69 Å². The molecule has 2 aliphatic rings. The number of imide groups is 2. The topological polar surface area (TPSA) is 99.2 Å². The van der Waals surface area contributed by atoms with Crippen LogP contribution in [0.4, 0.5) is 16.2 Å². The predicted molar refractivity (Wildman–Crippen MR) is 106 cm³/mol. The summed E-state index contributed by atoms with van der Waals surface area (Å²) < 4.78 is 0. The van der Waals surface area contributed by atoms with Crippen molar-refractivity contribution in [3.05, 3.63) is 72.3 Å². The largest absolute Gasteiger partial charge is 0.335 e. The fraction of sp³-hybridized carbons (Fsp3) is 0.0952. The third-order valence-corrected chi connectivity index (χ3v) is 4.63. The number of para-hydroxylation sites is 2. The summed E-state index contributed by atoms with van der Waals surface area (Å²) in [6.45, 7) is 1.65. The zero-order valence-electron chi connectivity index (χ0n) is 15.4. The summed E-state index contributed by atoms with van der Waals surface area (Å²) in [5.74, 6) is -2.90. The molecule has 1 atom stereocenters. The first kappa shape index (κ1) is 18.3. The molecule has 1 fully saturated rings. The number of nitrogens with zero attached hydrogens (tertiary/aromatic N) is 3. The highest BCUT2D eigenvalue weighted by Gasteiger charge is 2.40. The van der Waals surface area contributed by atoms with Crippen LogP contribution in [0.5, 0.6) is 0 Å². The lowest BCUT2D eigenvalue weighted by molar-refractivity contribution is -0.122. The molecule has 1 saturated heterocycles. The highest BCUT2D eigenvalue weighted by molar-refractivity contribution is 6.38. The van der Waals surface area contributed by atoms with E-state index in [4.69, 9.17) is 0 Å². The predicted octanol–water partition coefficient (Wildman–Crippen LogP) is 2.23. The molecule has 0 saturated carbocycles. The number of rotatable bonds is 3. The molecule has 2 aromatic rings. The van der Waals surface area contributed by atoms with Crippen LogP contribution >= 0.6 is 0 Å². The minimum Gasteiger partial charge on any atom is -0.273 e. The van der Waals surface area contributed by atoms with E-state index in [1.807, 2.05) is 6.07 Å². The van der Waals surface area contributed by atoms with Crippen LogP contribution in [0.15, 0.2) is 77.4 Å². The Labute approximate surface area is 166 Å². The van der Waals surface area contributed by atoms with Gasteiger partial charge in [-0.15, -0.1) is 0 Å². The van der Waals surface area contributed by atoms with Crippen LogP contribution in [0.3, 0.4) is 0 Å². The molecule has 5 amide bonds. The lowest BCUT2D eigenvalue weighted by Crippen LogP contribution is -2.54. The molecule has 0 aliphatic carbocycles. The Balaban J connectivity index is 1.67. The molecule has 29 heavy (non-hydrogen) atoms. The normalized spacial score (nSPS) is 20.9. The first-order valence-electron chi connectivity index (χ1n) is 8.88. The van der Waals surface area contributed by atoms with E-state index in [0.717, 1.165) is 4.90 Å². The molecule has 144 valence electrons. The summed E-state index contributed by atoms with van der Waals surface area (Å²) in [5.41, 5.74) is 1.06. The van der Waals surface area contributed by atoms with E-state index in [2.05, 4.69) is 10.4 Å². The van der Waals surface area contributed by atoms with Gasteiger partial charge in [0, 0.05) is 0 Å². The minimum atomic E-state index is -0.884. The molecule has 4 rings (SSSR count). The Morgan fingerprint density at radius 3 is 2.10 bits per heavy atom. The van der Waals surface area contributed by atoms with E-state index in [0.29, 0.717) is 17.1 Å². The summed E-state index contributed by atoms with van der Waals surface area (Å²) in [6.07, 6.45) is 1.27. The van der Waals surface area contributed by atoms with Crippen LogP contribution in [0.25, 0.3) is 0 Å². The third-order valence-electron chi connectivity index (χ3n) is 4.63. The molecule has 0 unspecified atom stereocenters. The highest BCUT2D eigenvalue weighted by Crippen LogP contribution is 2.27. The first-order valence-corrected chi connectivity index (χ1v) is 8.88. The second-order valence-corrected chi connectivity index (χ2v) is 6.52. The fourth-order valence-electron chi connectivity index (χ4n) is 3.18. The van der Waals surface area contributed by atoms with Crippen molar-refractivity contribution >= 4 is 40.8 Å². The van der Waals surface area contributed by atoms with E-state index in [9.17, 15) is 19.2 Å². The molecular formula is C21H16N4O4. The summed E-state index contributed by atoms with van der Waals surface area (Å²) in [4.78, 5) is 51.2. The van der Waals surface area contributed by atoms with Crippen molar-refractivity contribution in [2.24, 2.45) is 11.0 Å². The van der Waals surface area contributed by atoms with Gasteiger partial charge in [0.25, 0.3) is 17.7 Å². The Kier molecular flexibility index (Phi) is 4.52. The van der Waals surface area contributed by atoms with Gasteiger partial charge in [0.1, 0.15) is 5.57 Å². The Morgan fingerprint density at radius 1 is 0.897 bits per heavy atom. The number of hydrazone groups is 1. The molecule has 0 radical (unpaired) electrons. The number of nitrogens with one attached hydrogen (secondary N) is 1. The van der Waals surface area contributed by atoms with Crippen LogP contribution in [-0.2, 0) is 14.4 Å². The molecule has 0 aromatic heterocycles. The van der Waals surface area contributed by atoms with E-state index in [1.54, 1.807) is 61.5 Å². The van der Waals surface area contributed by atoms with Crippen LogP contribution in [0, 0.1) is 5.92 Å². The van der Waals surface area contributed by atoms with Gasteiger partial charge in [-0.2, -0.15) is 10.1 Å². The second-order valence-electron chi connectivity index (χ2n) is 6.52. The summed E-state index contributed by atoms with van der Waals surface area (Å²) in [7, 11) is 0. The van der Waals surface area contributed by atoms with Crippen molar-refractivity contribution in [2.45, 2.75) is 6.92 Å². The zero-order chi connectivity index (χ0) is 20.5. The van der Waals surface area contributed by atoms with Crippen molar-refractivity contribution < 1.29 is 19.2 Å². The van der Waals surface area contributed by atoms with Gasteiger partial charge in [0.2, 0.25) is 0 Å². The minimum absolute atomic E-state index is 0.281. The van der Waals surface area contributed by atoms with Crippen molar-refractivity contribution in [3.63, 3.8) is 0 Å². The summed E-state index contributed by atoms with van der Waals surface area (Å²) in [6, 6.07) is 16.3. The highest BCUT2D eigenvalue weighted by atomic mass is 16.2. The van der Waals surface area contributed by atoms with Crippen LogP contribution in [0.2, 0.25) is 0 Å². The van der Waals surface area contributed by atoms with E-state index >= 15 is 0 Å². The van der Waals surface area contributed by atoms with E-state index in [-0.39, 0.29) is 11.5 Å². The lowest BCUT2D eigenvalue weighted by Gasteiger charge is -2.26. The van der Waals surface area contributed by atoms with Crippen LogP contribution in [-0.4, -0.2) is 29.5 Å². The van der Waals surface area contributed by atoms with Crippen LogP contribution < -0.4 is 15.2 Å². The summed E-state index contributed by atoms with van der Waals surface area (Å²) >= 11 is 0. The Hall–Kier alpha value is -4.07. The maximum Gasteiger partial charge on any atom is 0.335 e. The number of barbiturate groups is 1. The van der Waals surface area contributed by atoms with Gasteiger partial charge in [-0.05, 0) is 37.3 Å². The second kappa shape index (κ2) is 7.16. The molecule has 2 aliphatic heterocycles. The Bertz CT molecular complexity index is 1080. The maximum atomic E-state index is 12.9. The van der Waals surface area contributed by atoms with Gasteiger partial charge in [-0.3, -0.25) is 19.7 Å². The van der Waals surface area contributed by atoms with Crippen LogP contribution in [0.1, 0.15) is 6.92 Å². The number of hydrogen-bond acceptors (Lipinski definition) is 5. The molecule has 1 N–H and O–H groups in total. The Morgan fingerprint density at radius 2 is 1.48 bits per heavy atom. The van der Waals surface area contributed by atoms with Crippen molar-refractivity contribution in [2.75, 3.05) is 9.91 Å². The number of hydrogen-bond donors (Lipinski definition) is 1. The zero-order valence-corrected chi connectivity index (χ0v) is 15.4. The monoisotopic (exact) mass is 388 g/mol. The molecule has 8 heteroatoms. The maximum absolute atomic E-state index is 12.9. The SMILES string of the molecule is CC1=NN(c2ccccc2)C(=O)[C@@H]1/C=C1\C(=O)NC(=O)N(c2ccccc2)C1=O. The van der Waals surface area contributed by atoms with Gasteiger partial charge in [-0.1, -0.05) is 36.4 Å². The van der Waals surface area contributed by atoms with Gasteiger partial charge in [0.05, 0.1) is 23.0 Å². The van der Waals surface area contributed by atoms with Gasteiger partial charge >= 0.3 is 6.03 Å². The molecule has 2 heterocycles. The average molecular weight is 388 g/mol. The summed E-state index contributed by atoms with van der Waals surface area (Å²) in [5, 5.41) is 7.65. The molecule has 0 bridgehead atoms. The molecule has 2 aromatic carbocycles. The van der Waals surface area contributed by atoms with Crippen molar-refractivity contribution in [3.8, 4) is 0 Å². The number of carbonyl (C=O) groups is 4. The number of benzene rings is 2.